The summed E-state index contributed by atoms with van der Waals surface area (Å²) in [7, 11) is -3.24. The zero-order chi connectivity index (χ0) is 14.0. The van der Waals surface area contributed by atoms with Crippen LogP contribution in [0.1, 0.15) is 11.5 Å². The van der Waals surface area contributed by atoms with Gasteiger partial charge in [0.15, 0.2) is 9.84 Å². The van der Waals surface area contributed by atoms with Crippen LogP contribution in [0, 0.1) is 6.92 Å². The van der Waals surface area contributed by atoms with E-state index < -0.39 is 9.84 Å². The molecule has 0 aliphatic heterocycles. The first-order chi connectivity index (χ1) is 8.86. The third-order valence-electron chi connectivity index (χ3n) is 2.62. The van der Waals surface area contributed by atoms with E-state index >= 15 is 0 Å². The number of anilines is 1. The van der Waals surface area contributed by atoms with Crippen LogP contribution >= 0.6 is 11.6 Å². The van der Waals surface area contributed by atoms with Crippen LogP contribution in [0.25, 0.3) is 0 Å². The Morgan fingerprint density at radius 3 is 2.58 bits per heavy atom. The highest BCUT2D eigenvalue weighted by molar-refractivity contribution is 7.90. The number of furan rings is 1. The third kappa shape index (κ3) is 3.52. The van der Waals surface area contributed by atoms with Crippen molar-refractivity contribution in [1.82, 2.24) is 0 Å². The highest BCUT2D eigenvalue weighted by Crippen LogP contribution is 2.25. The van der Waals surface area contributed by atoms with Crippen LogP contribution in [-0.4, -0.2) is 14.7 Å². The largest absolute Gasteiger partial charge is 0.465 e. The summed E-state index contributed by atoms with van der Waals surface area (Å²) in [4.78, 5) is 0.232. The highest BCUT2D eigenvalue weighted by Gasteiger charge is 2.10. The average Bonchev–Trinajstić information content (AvgIpc) is 2.72. The van der Waals surface area contributed by atoms with Crippen LogP contribution in [0.15, 0.2) is 39.6 Å². The van der Waals surface area contributed by atoms with E-state index in [2.05, 4.69) is 5.32 Å². The van der Waals surface area contributed by atoms with Gasteiger partial charge in [-0.1, -0.05) is 11.6 Å². The summed E-state index contributed by atoms with van der Waals surface area (Å²) >= 11 is 6.03. The maximum absolute atomic E-state index is 11.5. The van der Waals surface area contributed by atoms with Gasteiger partial charge in [-0.25, -0.2) is 8.42 Å². The van der Waals surface area contributed by atoms with Gasteiger partial charge in [0.25, 0.3) is 0 Å². The number of sulfone groups is 1. The van der Waals surface area contributed by atoms with Crippen molar-refractivity contribution in [2.45, 2.75) is 18.4 Å². The van der Waals surface area contributed by atoms with Gasteiger partial charge in [0.1, 0.15) is 11.5 Å². The molecule has 0 aliphatic carbocycles. The molecule has 0 saturated carbocycles. The number of rotatable bonds is 4. The van der Waals surface area contributed by atoms with Gasteiger partial charge in [0, 0.05) is 6.26 Å². The summed E-state index contributed by atoms with van der Waals surface area (Å²) in [5.41, 5.74) is 0.568. The smallest absolute Gasteiger partial charge is 0.175 e. The van der Waals surface area contributed by atoms with E-state index in [4.69, 9.17) is 16.0 Å². The second kappa shape index (κ2) is 5.27. The lowest BCUT2D eigenvalue weighted by atomic mass is 10.3. The number of halogens is 1. The molecule has 1 N–H and O–H groups in total. The second-order valence-corrected chi connectivity index (χ2v) is 6.70. The SMILES string of the molecule is Cc1ccc(CNc2cc(S(C)(=O)=O)ccc2Cl)o1. The Kier molecular flexibility index (Phi) is 3.87. The van der Waals surface area contributed by atoms with Crippen LogP contribution in [0.3, 0.4) is 0 Å². The van der Waals surface area contributed by atoms with Crippen molar-refractivity contribution in [3.8, 4) is 0 Å². The van der Waals surface area contributed by atoms with Crippen molar-refractivity contribution in [3.63, 3.8) is 0 Å². The number of benzene rings is 1. The quantitative estimate of drug-likeness (QED) is 0.941. The lowest BCUT2D eigenvalue weighted by molar-refractivity contribution is 0.490. The van der Waals surface area contributed by atoms with E-state index in [0.717, 1.165) is 17.8 Å². The predicted molar refractivity (Wildman–Crippen MR) is 75.3 cm³/mol. The Bertz CT molecular complexity index is 692. The third-order valence-corrected chi connectivity index (χ3v) is 4.05. The first kappa shape index (κ1) is 14.0. The molecule has 102 valence electrons. The van der Waals surface area contributed by atoms with Crippen molar-refractivity contribution in [3.05, 3.63) is 46.9 Å². The second-order valence-electron chi connectivity index (χ2n) is 4.28. The maximum atomic E-state index is 11.5. The molecule has 2 aromatic rings. The summed E-state index contributed by atoms with van der Waals surface area (Å²) in [6, 6.07) is 8.29. The van der Waals surface area contributed by atoms with Crippen molar-refractivity contribution in [2.75, 3.05) is 11.6 Å². The van der Waals surface area contributed by atoms with Gasteiger partial charge in [-0.3, -0.25) is 0 Å². The number of aryl methyl sites for hydroxylation is 1. The molecule has 0 unspecified atom stereocenters. The lowest BCUT2D eigenvalue weighted by Crippen LogP contribution is -2.02. The van der Waals surface area contributed by atoms with Crippen LogP contribution in [0.4, 0.5) is 5.69 Å². The zero-order valence-electron chi connectivity index (χ0n) is 10.6. The fourth-order valence-electron chi connectivity index (χ4n) is 1.63. The Labute approximate surface area is 117 Å². The highest BCUT2D eigenvalue weighted by atomic mass is 35.5. The minimum Gasteiger partial charge on any atom is -0.465 e. The molecule has 0 spiro atoms. The average molecular weight is 300 g/mol. The van der Waals surface area contributed by atoms with E-state index in [-0.39, 0.29) is 4.90 Å². The Morgan fingerprint density at radius 1 is 1.26 bits per heavy atom. The topological polar surface area (TPSA) is 59.3 Å². The summed E-state index contributed by atoms with van der Waals surface area (Å²) in [5, 5.41) is 3.53. The molecule has 0 aliphatic rings. The van der Waals surface area contributed by atoms with Crippen LogP contribution in [-0.2, 0) is 16.4 Å². The van der Waals surface area contributed by atoms with Gasteiger partial charge in [-0.15, -0.1) is 0 Å². The predicted octanol–water partition coefficient (Wildman–Crippen LogP) is 3.26. The molecule has 0 bridgehead atoms. The van der Waals surface area contributed by atoms with Crippen molar-refractivity contribution < 1.29 is 12.8 Å². The van der Waals surface area contributed by atoms with E-state index in [1.807, 2.05) is 19.1 Å². The Balaban J connectivity index is 2.20. The molecule has 1 heterocycles. The molecule has 0 saturated heterocycles. The number of hydrogen-bond donors (Lipinski definition) is 1. The summed E-state index contributed by atoms with van der Waals surface area (Å²) in [5.74, 6) is 1.59. The summed E-state index contributed by atoms with van der Waals surface area (Å²) < 4.78 is 28.4. The summed E-state index contributed by atoms with van der Waals surface area (Å²) in [6.45, 7) is 2.31. The van der Waals surface area contributed by atoms with Crippen molar-refractivity contribution >= 4 is 27.1 Å². The van der Waals surface area contributed by atoms with Crippen LogP contribution in [0.5, 0.6) is 0 Å². The normalized spacial score (nSPS) is 11.5. The van der Waals surface area contributed by atoms with E-state index in [1.165, 1.54) is 12.1 Å². The lowest BCUT2D eigenvalue weighted by Gasteiger charge is -2.08. The Morgan fingerprint density at radius 2 is 2.00 bits per heavy atom. The van der Waals surface area contributed by atoms with E-state index in [1.54, 1.807) is 6.07 Å². The van der Waals surface area contributed by atoms with Gasteiger partial charge in [0.05, 0.1) is 22.2 Å². The number of nitrogens with one attached hydrogen (secondary N) is 1. The zero-order valence-corrected chi connectivity index (χ0v) is 12.2. The van der Waals surface area contributed by atoms with Crippen LogP contribution in [0.2, 0.25) is 5.02 Å². The molecule has 1 aromatic carbocycles. The molecule has 6 heteroatoms. The van der Waals surface area contributed by atoms with Gasteiger partial charge in [-0.05, 0) is 37.3 Å². The molecular formula is C13H14ClNO3S. The van der Waals surface area contributed by atoms with Gasteiger partial charge in [-0.2, -0.15) is 0 Å². The molecule has 0 amide bonds. The van der Waals surface area contributed by atoms with E-state index in [9.17, 15) is 8.42 Å². The monoisotopic (exact) mass is 299 g/mol. The molecule has 1 aromatic heterocycles. The molecule has 4 nitrogen and oxygen atoms in total. The minimum absolute atomic E-state index is 0.232. The molecular weight excluding hydrogens is 286 g/mol. The minimum atomic E-state index is -3.24. The standard InChI is InChI=1S/C13H14ClNO3S/c1-9-3-4-10(18-9)8-15-13-7-11(19(2,16)17)5-6-12(13)14/h3-7,15H,8H2,1-2H3. The van der Waals surface area contributed by atoms with Gasteiger partial charge in [0.2, 0.25) is 0 Å². The van der Waals surface area contributed by atoms with Crippen LogP contribution < -0.4 is 5.32 Å². The number of hydrogen-bond acceptors (Lipinski definition) is 4. The fraction of sp³-hybridized carbons (Fsp3) is 0.231. The van der Waals surface area contributed by atoms with Gasteiger partial charge >= 0.3 is 0 Å². The fourth-order valence-corrected chi connectivity index (χ4v) is 2.46. The first-order valence-corrected chi connectivity index (χ1v) is 7.92. The molecule has 19 heavy (non-hydrogen) atoms. The molecule has 0 radical (unpaired) electrons. The first-order valence-electron chi connectivity index (χ1n) is 5.65. The molecule has 0 atom stereocenters. The summed E-state index contributed by atoms with van der Waals surface area (Å²) in [6.07, 6.45) is 1.16. The maximum Gasteiger partial charge on any atom is 0.175 e. The molecule has 0 fully saturated rings. The van der Waals surface area contributed by atoms with Crippen molar-refractivity contribution in [1.29, 1.82) is 0 Å². The van der Waals surface area contributed by atoms with Crippen molar-refractivity contribution in [2.24, 2.45) is 0 Å². The van der Waals surface area contributed by atoms with E-state index in [0.29, 0.717) is 17.3 Å². The van der Waals surface area contributed by atoms with Gasteiger partial charge < -0.3 is 9.73 Å². The molecule has 2 rings (SSSR count). The Hall–Kier alpha value is -1.46.